The molecule has 3 nitrogen and oxygen atoms in total. The fraction of sp³-hybridized carbons (Fsp3) is 0.923. The lowest BCUT2D eigenvalue weighted by atomic mass is 9.97. The van der Waals surface area contributed by atoms with Crippen molar-refractivity contribution in [3.05, 3.63) is 0 Å². The lowest BCUT2D eigenvalue weighted by Gasteiger charge is -2.25. The highest BCUT2D eigenvalue weighted by atomic mass is 16.5. The number of rotatable bonds is 5. The van der Waals surface area contributed by atoms with Crippen LogP contribution in [-0.2, 0) is 9.53 Å². The van der Waals surface area contributed by atoms with E-state index in [1.165, 1.54) is 19.3 Å². The maximum atomic E-state index is 11.9. The van der Waals surface area contributed by atoms with E-state index in [9.17, 15) is 4.79 Å². The van der Waals surface area contributed by atoms with Gasteiger partial charge in [0.1, 0.15) is 12.1 Å². The number of carbonyl (C=O) groups is 1. The average Bonchev–Trinajstić information content (AvgIpc) is 2.26. The molecule has 0 heterocycles. The Morgan fingerprint density at radius 1 is 1.31 bits per heavy atom. The standard InChI is InChI=1S/C13H25NO2/c1-10(2)9-12(14-3)13(15)16-11-7-5-4-6-8-11/h10-12,14H,4-9H2,1-3H3. The second-order valence-corrected chi connectivity index (χ2v) is 5.17. The molecule has 0 spiro atoms. The number of hydrogen-bond donors (Lipinski definition) is 1. The molecule has 1 fully saturated rings. The Bertz CT molecular complexity index is 210. The molecular weight excluding hydrogens is 202 g/mol. The number of nitrogens with one attached hydrogen (secondary N) is 1. The van der Waals surface area contributed by atoms with Gasteiger partial charge in [-0.05, 0) is 45.1 Å². The topological polar surface area (TPSA) is 38.3 Å². The predicted molar refractivity (Wildman–Crippen MR) is 65.3 cm³/mol. The minimum atomic E-state index is -0.137. The van der Waals surface area contributed by atoms with Crippen molar-refractivity contribution < 1.29 is 9.53 Å². The predicted octanol–water partition coefficient (Wildman–Crippen LogP) is 2.50. The SMILES string of the molecule is CNC(CC(C)C)C(=O)OC1CCCCC1. The molecule has 1 rings (SSSR count). The van der Waals surface area contributed by atoms with Gasteiger partial charge in [0.15, 0.2) is 0 Å². The minimum Gasteiger partial charge on any atom is -0.461 e. The summed E-state index contributed by atoms with van der Waals surface area (Å²) in [6.45, 7) is 4.25. The lowest BCUT2D eigenvalue weighted by Crippen LogP contribution is -2.39. The van der Waals surface area contributed by atoms with Crippen molar-refractivity contribution in [1.29, 1.82) is 0 Å². The number of esters is 1. The Hall–Kier alpha value is -0.570. The van der Waals surface area contributed by atoms with Gasteiger partial charge in [0.2, 0.25) is 0 Å². The third-order valence-corrected chi connectivity index (χ3v) is 3.18. The fourth-order valence-corrected chi connectivity index (χ4v) is 2.23. The Morgan fingerprint density at radius 2 is 1.94 bits per heavy atom. The summed E-state index contributed by atoms with van der Waals surface area (Å²) in [5.41, 5.74) is 0. The summed E-state index contributed by atoms with van der Waals surface area (Å²) in [4.78, 5) is 11.9. The zero-order valence-corrected chi connectivity index (χ0v) is 10.8. The number of likely N-dealkylation sites (N-methyl/N-ethyl adjacent to an activating group) is 1. The van der Waals surface area contributed by atoms with Gasteiger partial charge in [0.05, 0.1) is 0 Å². The van der Waals surface area contributed by atoms with Gasteiger partial charge in [0, 0.05) is 0 Å². The summed E-state index contributed by atoms with van der Waals surface area (Å²) in [7, 11) is 1.83. The van der Waals surface area contributed by atoms with Crippen LogP contribution in [-0.4, -0.2) is 25.2 Å². The molecule has 1 saturated carbocycles. The van der Waals surface area contributed by atoms with Crippen molar-refractivity contribution in [1.82, 2.24) is 5.32 Å². The maximum Gasteiger partial charge on any atom is 0.323 e. The van der Waals surface area contributed by atoms with Crippen LogP contribution in [0.2, 0.25) is 0 Å². The maximum absolute atomic E-state index is 11.9. The molecule has 0 saturated heterocycles. The summed E-state index contributed by atoms with van der Waals surface area (Å²) in [5.74, 6) is 0.444. The van der Waals surface area contributed by atoms with E-state index in [4.69, 9.17) is 4.74 Å². The third kappa shape index (κ3) is 4.52. The van der Waals surface area contributed by atoms with Gasteiger partial charge in [-0.2, -0.15) is 0 Å². The van der Waals surface area contributed by atoms with Crippen molar-refractivity contribution in [3.8, 4) is 0 Å². The molecule has 0 aromatic heterocycles. The molecule has 0 bridgehead atoms. The van der Waals surface area contributed by atoms with E-state index in [-0.39, 0.29) is 18.1 Å². The van der Waals surface area contributed by atoms with E-state index in [2.05, 4.69) is 19.2 Å². The summed E-state index contributed by atoms with van der Waals surface area (Å²) < 4.78 is 5.54. The molecule has 0 radical (unpaired) electrons. The molecule has 1 N–H and O–H groups in total. The molecule has 16 heavy (non-hydrogen) atoms. The van der Waals surface area contributed by atoms with Gasteiger partial charge >= 0.3 is 5.97 Å². The number of hydrogen-bond acceptors (Lipinski definition) is 3. The molecule has 1 aliphatic carbocycles. The van der Waals surface area contributed by atoms with E-state index >= 15 is 0 Å². The van der Waals surface area contributed by atoms with Gasteiger partial charge in [-0.1, -0.05) is 20.3 Å². The first-order chi connectivity index (χ1) is 7.63. The Morgan fingerprint density at radius 3 is 2.44 bits per heavy atom. The highest BCUT2D eigenvalue weighted by molar-refractivity contribution is 5.75. The quantitative estimate of drug-likeness (QED) is 0.733. The molecule has 0 aromatic rings. The zero-order chi connectivity index (χ0) is 12.0. The minimum absolute atomic E-state index is 0.0666. The van der Waals surface area contributed by atoms with Gasteiger partial charge in [-0.3, -0.25) is 4.79 Å². The molecule has 1 aliphatic rings. The second kappa shape index (κ2) is 6.89. The van der Waals surface area contributed by atoms with Crippen LogP contribution < -0.4 is 5.32 Å². The first-order valence-electron chi connectivity index (χ1n) is 6.51. The monoisotopic (exact) mass is 227 g/mol. The van der Waals surface area contributed by atoms with Crippen molar-refractivity contribution >= 4 is 5.97 Å². The van der Waals surface area contributed by atoms with Crippen LogP contribution in [0.5, 0.6) is 0 Å². The molecular formula is C13H25NO2. The van der Waals surface area contributed by atoms with Crippen molar-refractivity contribution in [2.45, 2.75) is 64.5 Å². The van der Waals surface area contributed by atoms with Crippen LogP contribution in [0.15, 0.2) is 0 Å². The lowest BCUT2D eigenvalue weighted by molar-refractivity contribution is -0.153. The van der Waals surface area contributed by atoms with Crippen LogP contribution in [0.3, 0.4) is 0 Å². The van der Waals surface area contributed by atoms with E-state index in [1.807, 2.05) is 7.05 Å². The van der Waals surface area contributed by atoms with Crippen LogP contribution in [0, 0.1) is 5.92 Å². The average molecular weight is 227 g/mol. The molecule has 0 aromatic carbocycles. The summed E-state index contributed by atoms with van der Waals surface area (Å²) >= 11 is 0. The summed E-state index contributed by atoms with van der Waals surface area (Å²) in [6, 6.07) is -0.137. The van der Waals surface area contributed by atoms with E-state index in [0.29, 0.717) is 5.92 Å². The molecule has 3 heteroatoms. The fourth-order valence-electron chi connectivity index (χ4n) is 2.23. The van der Waals surface area contributed by atoms with Crippen molar-refractivity contribution in [3.63, 3.8) is 0 Å². The molecule has 1 unspecified atom stereocenters. The van der Waals surface area contributed by atoms with Crippen molar-refractivity contribution in [2.24, 2.45) is 5.92 Å². The highest BCUT2D eigenvalue weighted by Crippen LogP contribution is 2.21. The van der Waals surface area contributed by atoms with Crippen molar-refractivity contribution in [2.75, 3.05) is 7.05 Å². The molecule has 0 amide bonds. The molecule has 0 aliphatic heterocycles. The smallest absolute Gasteiger partial charge is 0.323 e. The summed E-state index contributed by atoms with van der Waals surface area (Å²) in [5, 5.41) is 3.05. The normalized spacial score (nSPS) is 19.8. The largest absolute Gasteiger partial charge is 0.461 e. The Labute approximate surface area is 98.9 Å². The van der Waals surface area contributed by atoms with Gasteiger partial charge in [-0.15, -0.1) is 0 Å². The first kappa shape index (κ1) is 13.5. The zero-order valence-electron chi connectivity index (χ0n) is 10.8. The van der Waals surface area contributed by atoms with E-state index in [0.717, 1.165) is 19.3 Å². The summed E-state index contributed by atoms with van der Waals surface area (Å²) in [6.07, 6.45) is 6.80. The Balaban J connectivity index is 2.35. The number of ether oxygens (including phenoxy) is 1. The van der Waals surface area contributed by atoms with Crippen LogP contribution in [0.4, 0.5) is 0 Å². The van der Waals surface area contributed by atoms with Crippen LogP contribution in [0.25, 0.3) is 0 Å². The number of carbonyl (C=O) groups excluding carboxylic acids is 1. The molecule has 1 atom stereocenters. The van der Waals surface area contributed by atoms with Gasteiger partial charge in [-0.25, -0.2) is 0 Å². The molecule has 94 valence electrons. The van der Waals surface area contributed by atoms with E-state index in [1.54, 1.807) is 0 Å². The van der Waals surface area contributed by atoms with Gasteiger partial charge < -0.3 is 10.1 Å². The third-order valence-electron chi connectivity index (χ3n) is 3.18. The van der Waals surface area contributed by atoms with Gasteiger partial charge in [0.25, 0.3) is 0 Å². The first-order valence-corrected chi connectivity index (χ1v) is 6.51. The van der Waals surface area contributed by atoms with Crippen LogP contribution in [0.1, 0.15) is 52.4 Å². The van der Waals surface area contributed by atoms with E-state index < -0.39 is 0 Å². The van der Waals surface area contributed by atoms with Crippen LogP contribution >= 0.6 is 0 Å². The highest BCUT2D eigenvalue weighted by Gasteiger charge is 2.23. The second-order valence-electron chi connectivity index (χ2n) is 5.17. The Kier molecular flexibility index (Phi) is 5.81.